The molecule has 2 saturated heterocycles. The summed E-state index contributed by atoms with van der Waals surface area (Å²) in [6.45, 7) is 3.41. The van der Waals surface area contributed by atoms with Gasteiger partial charge in [-0.05, 0) is 118 Å². The van der Waals surface area contributed by atoms with Crippen LogP contribution in [0.4, 0.5) is 9.59 Å². The van der Waals surface area contributed by atoms with Crippen LogP contribution in [0.15, 0.2) is 72.8 Å². The molecule has 4 fully saturated rings. The van der Waals surface area contributed by atoms with Gasteiger partial charge in [-0.3, -0.25) is 9.59 Å². The number of pyridine rings is 2. The van der Waals surface area contributed by atoms with Crippen LogP contribution in [0.3, 0.4) is 0 Å². The number of methoxy groups -OCH3 is 2. The smallest absolute Gasteiger partial charge is 0.332 e. The van der Waals surface area contributed by atoms with Crippen LogP contribution in [0.1, 0.15) is 71.1 Å². The molecule has 0 unspecified atom stereocenters. The summed E-state index contributed by atoms with van der Waals surface area (Å²) < 4.78 is 28.5. The number of amides is 6. The fraction of sp³-hybridized carbons (Fsp3) is 0.500. The highest BCUT2D eigenvalue weighted by Crippen LogP contribution is 2.47. The van der Waals surface area contributed by atoms with Gasteiger partial charge in [0.05, 0.1) is 33.9 Å². The average molecular weight is 1110 g/mol. The molecule has 10 rings (SSSR count). The number of hydrogen-bond acceptors (Lipinski definition) is 13. The zero-order valence-corrected chi connectivity index (χ0v) is 45.9. The van der Waals surface area contributed by atoms with Crippen LogP contribution in [0, 0.1) is 11.8 Å². The van der Waals surface area contributed by atoms with E-state index in [-0.39, 0.29) is 66.7 Å². The first-order valence-electron chi connectivity index (χ1n) is 26.5. The molecule has 78 heavy (non-hydrogen) atoms. The van der Waals surface area contributed by atoms with Crippen molar-refractivity contribution in [3.8, 4) is 23.3 Å². The molecule has 4 aromatic rings. The first kappa shape index (κ1) is 55.7. The number of benzene rings is 2. The summed E-state index contributed by atoms with van der Waals surface area (Å²) in [7, 11) is 6.61. The van der Waals surface area contributed by atoms with Gasteiger partial charge in [-0.1, -0.05) is 47.5 Å². The highest BCUT2D eigenvalue weighted by atomic mass is 35.5. The van der Waals surface area contributed by atoms with Crippen LogP contribution in [-0.2, 0) is 23.9 Å². The van der Waals surface area contributed by atoms with E-state index in [1.165, 1.54) is 9.80 Å². The summed E-state index contributed by atoms with van der Waals surface area (Å²) in [5, 5.41) is 19.2. The number of ether oxygens (including phenoxy) is 5. The van der Waals surface area contributed by atoms with Gasteiger partial charge in [0, 0.05) is 62.6 Å². The molecule has 22 heteroatoms. The van der Waals surface area contributed by atoms with Crippen molar-refractivity contribution in [2.45, 2.75) is 107 Å². The van der Waals surface area contributed by atoms with E-state index in [2.05, 4.69) is 26.7 Å². The van der Waals surface area contributed by atoms with Crippen molar-refractivity contribution in [3.05, 3.63) is 83.1 Å². The van der Waals surface area contributed by atoms with Crippen LogP contribution in [0.25, 0.3) is 21.5 Å². The van der Waals surface area contributed by atoms with Crippen molar-refractivity contribution >= 4 is 80.6 Å². The Bertz CT molecular complexity index is 3040. The van der Waals surface area contributed by atoms with E-state index in [0.717, 1.165) is 54.7 Å². The maximum atomic E-state index is 13.7. The van der Waals surface area contributed by atoms with E-state index < -0.39 is 59.1 Å². The van der Waals surface area contributed by atoms with Gasteiger partial charge in [0.1, 0.15) is 57.2 Å². The van der Waals surface area contributed by atoms with E-state index in [0.29, 0.717) is 54.6 Å². The Morgan fingerprint density at radius 3 is 1.58 bits per heavy atom. The highest BCUT2D eigenvalue weighted by Gasteiger charge is 2.63. The lowest BCUT2D eigenvalue weighted by atomic mass is 10.1. The molecule has 0 radical (unpaired) electrons. The third kappa shape index (κ3) is 11.8. The van der Waals surface area contributed by atoms with Gasteiger partial charge in [0.15, 0.2) is 0 Å². The minimum absolute atomic E-state index is 0.141. The Kier molecular flexibility index (Phi) is 16.8. The molecule has 2 saturated carbocycles. The molecule has 6 amide bonds. The van der Waals surface area contributed by atoms with Crippen LogP contribution in [-0.4, -0.2) is 167 Å². The zero-order valence-electron chi connectivity index (χ0n) is 44.4. The summed E-state index contributed by atoms with van der Waals surface area (Å²) in [5.74, 6) is -0.887. The van der Waals surface area contributed by atoms with Crippen LogP contribution in [0.2, 0.25) is 10.3 Å². The molecule has 6 aliphatic rings. The van der Waals surface area contributed by atoms with E-state index >= 15 is 0 Å². The molecule has 6 heterocycles. The number of aromatic nitrogens is 2. The summed E-state index contributed by atoms with van der Waals surface area (Å²) in [6.07, 6.45) is 13.1. The fourth-order valence-electron chi connectivity index (χ4n) is 10.9. The van der Waals surface area contributed by atoms with Gasteiger partial charge >= 0.3 is 24.0 Å². The zero-order chi connectivity index (χ0) is 55.5. The first-order chi connectivity index (χ1) is 37.5. The number of rotatable bonds is 9. The summed E-state index contributed by atoms with van der Waals surface area (Å²) in [5.41, 5.74) is -2.46. The largest absolute Gasteiger partial charge is 0.497 e. The summed E-state index contributed by atoms with van der Waals surface area (Å²) in [6, 6.07) is 12.1. The Morgan fingerprint density at radius 2 is 1.13 bits per heavy atom. The van der Waals surface area contributed by atoms with Gasteiger partial charge in [0.2, 0.25) is 23.6 Å². The second-order valence-electron chi connectivity index (χ2n) is 20.8. The SMILES string of the molecule is CCOC(=O)[C@@]12C[C@H]1/C=C\CCCCN(C)C(=O)N1C[C@H](Oc3nc(Cl)cc4cc(OC)ccc34)C[C@H]1C(=O)N2.COc1ccc2c(O[C@@H]3C[C@H]4C(=O)N[C@]5(C(=O)O)C[C@H]5/C=C\CCCCN(C)C(=O)N4C3)nc(Cl)cc2c1. The molecule has 0 bridgehead atoms. The van der Waals surface area contributed by atoms with Crippen molar-refractivity contribution in [2.75, 3.05) is 61.1 Å². The minimum atomic E-state index is -1.35. The van der Waals surface area contributed by atoms with Crippen molar-refractivity contribution in [1.82, 2.24) is 40.2 Å². The molecule has 0 spiro atoms. The van der Waals surface area contributed by atoms with E-state index in [1.807, 2.05) is 48.6 Å². The molecular formula is C56H66Cl2N8O12. The quantitative estimate of drug-likeness (QED) is 0.0842. The Labute approximate surface area is 462 Å². The van der Waals surface area contributed by atoms with Crippen LogP contribution < -0.4 is 29.6 Å². The number of carboxylic acids is 1. The number of carbonyl (C=O) groups excluding carboxylic acids is 5. The van der Waals surface area contributed by atoms with Gasteiger partial charge in [-0.15, -0.1) is 0 Å². The molecule has 20 nitrogen and oxygen atoms in total. The number of nitrogens with zero attached hydrogens (tertiary/aromatic N) is 6. The second-order valence-corrected chi connectivity index (χ2v) is 21.6. The van der Waals surface area contributed by atoms with E-state index in [9.17, 15) is 33.9 Å². The normalized spacial score (nSPS) is 28.2. The number of esters is 1. The fourth-order valence-corrected chi connectivity index (χ4v) is 11.3. The number of allylic oxidation sites excluding steroid dienone is 2. The molecule has 416 valence electrons. The minimum Gasteiger partial charge on any atom is -0.497 e. The van der Waals surface area contributed by atoms with Gasteiger partial charge in [0.25, 0.3) is 0 Å². The Hall–Kier alpha value is -7.06. The number of halogens is 2. The summed E-state index contributed by atoms with van der Waals surface area (Å²) >= 11 is 12.6. The Balaban J connectivity index is 0.000000190. The third-order valence-corrected chi connectivity index (χ3v) is 15.9. The second kappa shape index (κ2) is 23.5. The molecule has 3 N–H and O–H groups in total. The molecule has 2 aromatic heterocycles. The molecular weight excluding hydrogens is 1050 g/mol. The number of carbonyl (C=O) groups is 6. The average Bonchev–Trinajstić information content (AvgIpc) is 4.31. The lowest BCUT2D eigenvalue weighted by Crippen LogP contribution is -2.55. The number of urea groups is 2. The number of fused-ring (bicyclic) bond motifs is 6. The van der Waals surface area contributed by atoms with E-state index in [1.54, 1.807) is 63.2 Å². The highest BCUT2D eigenvalue weighted by molar-refractivity contribution is 6.30. The molecule has 4 aliphatic heterocycles. The van der Waals surface area contributed by atoms with Crippen molar-refractivity contribution in [3.63, 3.8) is 0 Å². The monoisotopic (exact) mass is 1110 g/mol. The van der Waals surface area contributed by atoms with Crippen molar-refractivity contribution in [2.24, 2.45) is 11.8 Å². The van der Waals surface area contributed by atoms with E-state index in [4.69, 9.17) is 46.9 Å². The molecule has 8 atom stereocenters. The van der Waals surface area contributed by atoms with Crippen molar-refractivity contribution in [1.29, 1.82) is 0 Å². The van der Waals surface area contributed by atoms with Crippen LogP contribution in [0.5, 0.6) is 23.3 Å². The predicted molar refractivity (Wildman–Crippen MR) is 290 cm³/mol. The first-order valence-corrected chi connectivity index (χ1v) is 27.3. The lowest BCUT2D eigenvalue weighted by Gasteiger charge is -2.30. The van der Waals surface area contributed by atoms with Crippen molar-refractivity contribution < 1.29 is 57.6 Å². The van der Waals surface area contributed by atoms with Gasteiger partial charge in [-0.2, -0.15) is 0 Å². The number of hydrogen-bond donors (Lipinski definition) is 3. The van der Waals surface area contributed by atoms with Crippen LogP contribution >= 0.6 is 23.2 Å². The standard InChI is InChI=1S/C29H35ClN4O6.C27H31ClN4O6/c1-4-39-27(36)29-16-19(29)9-7-5-6-8-12-33(2)28(37)34-17-21(15-23(34)25(35)32-29)40-26-22-11-10-20(38-3)13-18(22)14-24(30)31-26;1-31-10-6-4-3-5-7-17-14-27(17,25(34)35)30-23(33)21-13-19(15-32(21)26(31)36)38-24-20-9-8-18(37-2)11-16(20)12-22(28)29-24/h7,9-11,13-14,19,21,23H,4-6,8,12,15-17H2,1-3H3,(H,32,35);5,7-9,11-12,17,19,21H,3-4,6,10,13-15H2,1-2H3,(H,30,33)(H,34,35)/b9-7-;7-5-/t19-,21-,23+,29-;17-,19-,21+,27-/m11/s1. The predicted octanol–water partition coefficient (Wildman–Crippen LogP) is 7.42. The number of nitrogens with one attached hydrogen (secondary N) is 2. The molecule has 2 aromatic carbocycles. The van der Waals surface area contributed by atoms with Gasteiger partial charge in [-0.25, -0.2) is 29.1 Å². The maximum absolute atomic E-state index is 13.7. The van der Waals surface area contributed by atoms with Gasteiger partial charge < -0.3 is 59.0 Å². The topological polar surface area (TPSA) is 232 Å². The molecule has 2 aliphatic carbocycles. The lowest BCUT2D eigenvalue weighted by molar-refractivity contribution is -0.149. The Morgan fingerprint density at radius 1 is 0.679 bits per heavy atom. The number of carboxylic acid groups (broad SMARTS) is 1. The number of aliphatic carboxylic acids is 1. The maximum Gasteiger partial charge on any atom is 0.332 e. The summed E-state index contributed by atoms with van der Waals surface area (Å²) in [4.78, 5) is 94.3. The third-order valence-electron chi connectivity index (χ3n) is 15.5.